The quantitative estimate of drug-likeness (QED) is 0.624. The van der Waals surface area contributed by atoms with Crippen LogP contribution in [0.5, 0.6) is 0 Å². The SMILES string of the molecule is CC(=O)c1ccc(N=CC2CCCN3CCCCC23)cc1. The van der Waals surface area contributed by atoms with Gasteiger partial charge in [-0.05, 0) is 70.0 Å². The second-order valence-electron chi connectivity index (χ2n) is 6.29. The Morgan fingerprint density at radius 3 is 2.67 bits per heavy atom. The molecule has 2 fully saturated rings. The van der Waals surface area contributed by atoms with Gasteiger partial charge < -0.3 is 0 Å². The number of benzene rings is 1. The highest BCUT2D eigenvalue weighted by atomic mass is 16.1. The Morgan fingerprint density at radius 2 is 1.90 bits per heavy atom. The molecule has 2 unspecified atom stereocenters. The number of carbonyl (C=O) groups is 1. The first-order valence-corrected chi connectivity index (χ1v) is 8.13. The van der Waals surface area contributed by atoms with Crippen LogP contribution in [0.4, 0.5) is 5.69 Å². The summed E-state index contributed by atoms with van der Waals surface area (Å²) in [4.78, 5) is 18.6. The Labute approximate surface area is 127 Å². The van der Waals surface area contributed by atoms with Crippen molar-refractivity contribution in [2.45, 2.75) is 45.1 Å². The van der Waals surface area contributed by atoms with Crippen molar-refractivity contribution in [1.29, 1.82) is 0 Å². The first kappa shape index (κ1) is 14.5. The van der Waals surface area contributed by atoms with E-state index in [2.05, 4.69) is 16.1 Å². The zero-order valence-corrected chi connectivity index (χ0v) is 12.8. The summed E-state index contributed by atoms with van der Waals surface area (Å²) in [6, 6.07) is 8.31. The van der Waals surface area contributed by atoms with Gasteiger partial charge in [0.2, 0.25) is 0 Å². The number of nitrogens with zero attached hydrogens (tertiary/aromatic N) is 2. The molecule has 2 heterocycles. The predicted molar refractivity (Wildman–Crippen MR) is 86.5 cm³/mol. The van der Waals surface area contributed by atoms with E-state index in [0.717, 1.165) is 11.3 Å². The molecule has 0 aromatic heterocycles. The summed E-state index contributed by atoms with van der Waals surface area (Å²) in [5.41, 5.74) is 1.71. The number of Topliss-reactive ketones (excluding diaryl/α,β-unsaturated/α-hetero) is 1. The van der Waals surface area contributed by atoms with Gasteiger partial charge in [-0.25, -0.2) is 0 Å². The van der Waals surface area contributed by atoms with Crippen LogP contribution in [0.2, 0.25) is 0 Å². The number of carbonyl (C=O) groups excluding carboxylic acids is 1. The lowest BCUT2D eigenvalue weighted by Gasteiger charge is -2.43. The van der Waals surface area contributed by atoms with Crippen molar-refractivity contribution >= 4 is 17.7 Å². The van der Waals surface area contributed by atoms with Gasteiger partial charge in [0.1, 0.15) is 0 Å². The number of rotatable bonds is 3. The zero-order chi connectivity index (χ0) is 14.7. The number of hydrogen-bond acceptors (Lipinski definition) is 3. The maximum absolute atomic E-state index is 11.3. The number of aliphatic imine (C=N–C) groups is 1. The molecule has 2 aliphatic heterocycles. The average Bonchev–Trinajstić information content (AvgIpc) is 2.53. The largest absolute Gasteiger partial charge is 0.300 e. The van der Waals surface area contributed by atoms with E-state index >= 15 is 0 Å². The third kappa shape index (κ3) is 3.41. The summed E-state index contributed by atoms with van der Waals surface area (Å²) >= 11 is 0. The van der Waals surface area contributed by atoms with Crippen LogP contribution < -0.4 is 0 Å². The predicted octanol–water partition coefficient (Wildman–Crippen LogP) is 3.86. The molecule has 1 aromatic carbocycles. The molecule has 0 radical (unpaired) electrons. The number of ketones is 1. The lowest BCUT2D eigenvalue weighted by molar-refractivity contribution is 0.0870. The molecule has 2 aliphatic rings. The van der Waals surface area contributed by atoms with Gasteiger partial charge in [-0.15, -0.1) is 0 Å². The van der Waals surface area contributed by atoms with Crippen molar-refractivity contribution in [3.8, 4) is 0 Å². The van der Waals surface area contributed by atoms with E-state index in [4.69, 9.17) is 0 Å². The van der Waals surface area contributed by atoms with Crippen LogP contribution in [-0.4, -0.2) is 36.0 Å². The highest BCUT2D eigenvalue weighted by Gasteiger charge is 2.31. The molecular formula is C18H24N2O. The van der Waals surface area contributed by atoms with Crippen molar-refractivity contribution in [3.05, 3.63) is 29.8 Å². The molecule has 0 bridgehead atoms. The molecule has 3 nitrogen and oxygen atoms in total. The third-order valence-corrected chi connectivity index (χ3v) is 4.83. The van der Waals surface area contributed by atoms with E-state index < -0.39 is 0 Å². The standard InChI is InChI=1S/C18H24N2O/c1-14(21)15-7-9-17(10-8-15)19-13-16-5-4-12-20-11-3-2-6-18(16)20/h7-10,13,16,18H,2-6,11-12H2,1H3. The van der Waals surface area contributed by atoms with E-state index in [1.165, 1.54) is 45.2 Å². The lowest BCUT2D eigenvalue weighted by Crippen LogP contribution is -2.48. The molecule has 0 saturated carbocycles. The fraction of sp³-hybridized carbons (Fsp3) is 0.556. The molecular weight excluding hydrogens is 260 g/mol. The number of fused-ring (bicyclic) bond motifs is 1. The van der Waals surface area contributed by atoms with Gasteiger partial charge in [-0.2, -0.15) is 0 Å². The highest BCUT2D eigenvalue weighted by molar-refractivity contribution is 5.94. The minimum absolute atomic E-state index is 0.107. The van der Waals surface area contributed by atoms with E-state index in [-0.39, 0.29) is 5.78 Å². The van der Waals surface area contributed by atoms with E-state index in [9.17, 15) is 4.79 Å². The zero-order valence-electron chi connectivity index (χ0n) is 12.8. The number of piperidine rings is 2. The Kier molecular flexibility index (Phi) is 4.49. The van der Waals surface area contributed by atoms with Crippen molar-refractivity contribution in [2.24, 2.45) is 10.9 Å². The Hall–Kier alpha value is -1.48. The van der Waals surface area contributed by atoms with Gasteiger partial charge in [0.25, 0.3) is 0 Å². The molecule has 0 amide bonds. The van der Waals surface area contributed by atoms with Gasteiger partial charge in [-0.3, -0.25) is 14.7 Å². The van der Waals surface area contributed by atoms with Gasteiger partial charge in [0, 0.05) is 23.7 Å². The Balaban J connectivity index is 1.68. The van der Waals surface area contributed by atoms with Crippen LogP contribution in [-0.2, 0) is 0 Å². The maximum Gasteiger partial charge on any atom is 0.159 e. The monoisotopic (exact) mass is 284 g/mol. The van der Waals surface area contributed by atoms with Crippen molar-refractivity contribution in [2.75, 3.05) is 13.1 Å². The Morgan fingerprint density at radius 1 is 1.14 bits per heavy atom. The van der Waals surface area contributed by atoms with Crippen molar-refractivity contribution in [3.63, 3.8) is 0 Å². The van der Waals surface area contributed by atoms with Gasteiger partial charge >= 0.3 is 0 Å². The normalized spacial score (nSPS) is 26.7. The van der Waals surface area contributed by atoms with Crippen LogP contribution in [0, 0.1) is 5.92 Å². The molecule has 2 atom stereocenters. The van der Waals surface area contributed by atoms with E-state index in [1.807, 2.05) is 24.3 Å². The van der Waals surface area contributed by atoms with Crippen LogP contribution in [0.25, 0.3) is 0 Å². The van der Waals surface area contributed by atoms with Crippen molar-refractivity contribution in [1.82, 2.24) is 4.90 Å². The molecule has 1 aromatic rings. The molecule has 112 valence electrons. The third-order valence-electron chi connectivity index (χ3n) is 4.83. The summed E-state index contributed by atoms with van der Waals surface area (Å²) in [7, 11) is 0. The first-order valence-electron chi connectivity index (χ1n) is 8.13. The summed E-state index contributed by atoms with van der Waals surface area (Å²) in [5, 5.41) is 0. The van der Waals surface area contributed by atoms with Gasteiger partial charge in [0.15, 0.2) is 5.78 Å². The molecule has 2 saturated heterocycles. The fourth-order valence-electron chi connectivity index (χ4n) is 3.64. The van der Waals surface area contributed by atoms with Crippen LogP contribution >= 0.6 is 0 Å². The minimum atomic E-state index is 0.107. The second-order valence-corrected chi connectivity index (χ2v) is 6.29. The Bertz CT molecular complexity index is 519. The molecule has 0 aliphatic carbocycles. The van der Waals surface area contributed by atoms with Crippen LogP contribution in [0.1, 0.15) is 49.4 Å². The summed E-state index contributed by atoms with van der Waals surface area (Å²) in [6.07, 6.45) is 8.74. The molecule has 3 rings (SSSR count). The molecule has 21 heavy (non-hydrogen) atoms. The molecule has 0 N–H and O–H groups in total. The van der Waals surface area contributed by atoms with Gasteiger partial charge in [-0.1, -0.05) is 6.42 Å². The number of hydrogen-bond donors (Lipinski definition) is 0. The summed E-state index contributed by atoms with van der Waals surface area (Å²) < 4.78 is 0. The van der Waals surface area contributed by atoms with Crippen molar-refractivity contribution < 1.29 is 4.79 Å². The van der Waals surface area contributed by atoms with E-state index in [1.54, 1.807) is 6.92 Å². The van der Waals surface area contributed by atoms with Crippen LogP contribution in [0.3, 0.4) is 0 Å². The van der Waals surface area contributed by atoms with Gasteiger partial charge in [0.05, 0.1) is 5.69 Å². The average molecular weight is 284 g/mol. The topological polar surface area (TPSA) is 32.7 Å². The maximum atomic E-state index is 11.3. The highest BCUT2D eigenvalue weighted by Crippen LogP contribution is 2.30. The summed E-state index contributed by atoms with van der Waals surface area (Å²) in [6.45, 7) is 4.13. The van der Waals surface area contributed by atoms with Crippen LogP contribution in [0.15, 0.2) is 29.3 Å². The summed E-state index contributed by atoms with van der Waals surface area (Å²) in [5.74, 6) is 0.696. The second kappa shape index (κ2) is 6.52. The molecule has 0 spiro atoms. The fourth-order valence-corrected chi connectivity index (χ4v) is 3.64. The minimum Gasteiger partial charge on any atom is -0.300 e. The van der Waals surface area contributed by atoms with E-state index in [0.29, 0.717) is 12.0 Å². The lowest BCUT2D eigenvalue weighted by atomic mass is 9.84. The smallest absolute Gasteiger partial charge is 0.159 e. The molecule has 3 heteroatoms. The first-order chi connectivity index (χ1) is 10.2.